The number of hydrogen-bond acceptors (Lipinski definition) is 4. The fourth-order valence-corrected chi connectivity index (χ4v) is 4.95. The van der Waals surface area contributed by atoms with Crippen LogP contribution in [0.25, 0.3) is 0 Å². The molecule has 88 valence electrons. The van der Waals surface area contributed by atoms with Crippen molar-refractivity contribution in [3.63, 3.8) is 0 Å². The van der Waals surface area contributed by atoms with Crippen LogP contribution in [0.2, 0.25) is 3.93 Å². The number of benzene rings is 1. The van der Waals surface area contributed by atoms with E-state index < -0.39 is 34.4 Å². The molecule has 0 saturated heterocycles. The SMILES string of the molecule is O=COC(C[CH2][Hg][Cl])c1ccccc1[N+](=O)[O-]. The Morgan fingerprint density at radius 3 is 2.82 bits per heavy atom. The molecule has 0 fully saturated rings. The van der Waals surface area contributed by atoms with Gasteiger partial charge in [0.2, 0.25) is 0 Å². The summed E-state index contributed by atoms with van der Waals surface area (Å²) in [7, 11) is 5.78. The fraction of sp³-hybridized carbons (Fsp3) is 0.300. The molecule has 0 aliphatic heterocycles. The van der Waals surface area contributed by atoms with Gasteiger partial charge in [-0.2, -0.15) is 0 Å². The number of nitro benzene ring substituents is 1. The molecule has 1 aromatic rings. The summed E-state index contributed by atoms with van der Waals surface area (Å²) in [4.78, 5) is 20.8. The summed E-state index contributed by atoms with van der Waals surface area (Å²) in [5.74, 6) is 0. The van der Waals surface area contributed by atoms with Crippen LogP contribution in [0.15, 0.2) is 24.3 Å². The topological polar surface area (TPSA) is 69.4 Å². The zero-order valence-corrected chi connectivity index (χ0v) is 15.3. The number of halogens is 1. The molecule has 1 atom stereocenters. The molecule has 0 amide bonds. The first-order valence-corrected chi connectivity index (χ1v) is 15.7. The van der Waals surface area contributed by atoms with Crippen molar-refractivity contribution >= 4 is 20.4 Å². The molecule has 0 aromatic heterocycles. The first-order chi connectivity index (χ1) is 8.20. The standard InChI is InChI=1S/C10H10NO4.ClH.Hg/c1-2-10(15-7-12)8-5-3-4-6-9(8)11(13)14;;/h3-7,10H,1-2H2;1H;/q;;+1/p-1. The van der Waals surface area contributed by atoms with Crippen molar-refractivity contribution in [2.75, 3.05) is 0 Å². The molecule has 0 aliphatic rings. The van der Waals surface area contributed by atoms with E-state index in [1.165, 1.54) is 6.07 Å². The summed E-state index contributed by atoms with van der Waals surface area (Å²) in [6.07, 6.45) is 0.00196. The van der Waals surface area contributed by atoms with Crippen molar-refractivity contribution in [2.45, 2.75) is 16.5 Å². The predicted octanol–water partition coefficient (Wildman–Crippen LogP) is 2.85. The van der Waals surface area contributed by atoms with Gasteiger partial charge in [-0.25, -0.2) is 0 Å². The van der Waals surface area contributed by atoms with Crippen LogP contribution < -0.4 is 0 Å². The second-order valence-electron chi connectivity index (χ2n) is 3.37. The molecule has 1 rings (SSSR count). The van der Waals surface area contributed by atoms with Gasteiger partial charge in [-0.3, -0.25) is 0 Å². The monoisotopic (exact) mass is 445 g/mol. The zero-order valence-electron chi connectivity index (χ0n) is 9.04. The molecule has 0 bridgehead atoms. The molecule has 0 radical (unpaired) electrons. The van der Waals surface area contributed by atoms with Crippen LogP contribution >= 0.6 is 8.25 Å². The Labute approximate surface area is 114 Å². The third-order valence-electron chi connectivity index (χ3n) is 2.30. The summed E-state index contributed by atoms with van der Waals surface area (Å²) in [5.41, 5.74) is 0.411. The Bertz CT molecular complexity index is 402. The molecule has 0 saturated carbocycles. The first kappa shape index (κ1) is 14.4. The molecule has 0 spiro atoms. The Balaban J connectivity index is 2.99. The van der Waals surface area contributed by atoms with Gasteiger partial charge in [0.1, 0.15) is 0 Å². The van der Waals surface area contributed by atoms with Crippen LogP contribution in [-0.4, -0.2) is 11.4 Å². The van der Waals surface area contributed by atoms with Crippen LogP contribution in [0, 0.1) is 10.1 Å². The van der Waals surface area contributed by atoms with E-state index >= 15 is 0 Å². The number of para-hydroxylation sites is 1. The number of nitro groups is 1. The van der Waals surface area contributed by atoms with Gasteiger partial charge in [0, 0.05) is 0 Å². The average Bonchev–Trinajstić information content (AvgIpc) is 2.34. The maximum atomic E-state index is 10.9. The first-order valence-electron chi connectivity index (χ1n) is 5.09. The van der Waals surface area contributed by atoms with Gasteiger partial charge in [-0.15, -0.1) is 0 Å². The van der Waals surface area contributed by atoms with E-state index in [0.717, 1.165) is 3.93 Å². The molecule has 7 heteroatoms. The van der Waals surface area contributed by atoms with Crippen molar-refractivity contribution in [1.82, 2.24) is 0 Å². The number of nitrogens with zero attached hydrogens (tertiary/aromatic N) is 1. The van der Waals surface area contributed by atoms with Crippen molar-refractivity contribution in [3.05, 3.63) is 39.9 Å². The molecule has 0 heterocycles. The predicted molar refractivity (Wildman–Crippen MR) is 58.3 cm³/mol. The molecule has 0 aliphatic carbocycles. The van der Waals surface area contributed by atoms with E-state index in [1.54, 1.807) is 18.2 Å². The van der Waals surface area contributed by atoms with Crippen molar-refractivity contribution in [3.8, 4) is 0 Å². The molecule has 17 heavy (non-hydrogen) atoms. The Morgan fingerprint density at radius 2 is 2.24 bits per heavy atom. The van der Waals surface area contributed by atoms with Gasteiger partial charge in [-0.1, -0.05) is 0 Å². The zero-order chi connectivity index (χ0) is 12.7. The second-order valence-corrected chi connectivity index (χ2v) is 10.9. The summed E-state index contributed by atoms with van der Waals surface area (Å²) in [6, 6.07) is 6.29. The maximum absolute atomic E-state index is 10.9. The number of rotatable bonds is 7. The Hall–Kier alpha value is -0.685. The second kappa shape index (κ2) is 7.60. The molecule has 1 aromatic carbocycles. The summed E-state index contributed by atoms with van der Waals surface area (Å²) < 4.78 is 5.75. The fourth-order valence-electron chi connectivity index (χ4n) is 1.55. The van der Waals surface area contributed by atoms with Gasteiger partial charge < -0.3 is 0 Å². The van der Waals surface area contributed by atoms with Crippen molar-refractivity contribution in [2.24, 2.45) is 0 Å². The molecule has 0 N–H and O–H groups in total. The van der Waals surface area contributed by atoms with Gasteiger partial charge in [0.05, 0.1) is 0 Å². The van der Waals surface area contributed by atoms with E-state index in [1.807, 2.05) is 0 Å². The normalized spacial score (nSPS) is 11.4. The van der Waals surface area contributed by atoms with E-state index in [9.17, 15) is 14.9 Å². The number of hydrogen-bond donors (Lipinski definition) is 0. The summed E-state index contributed by atoms with van der Waals surface area (Å²) in [5, 5.41) is 10.9. The van der Waals surface area contributed by atoms with E-state index in [2.05, 4.69) is 0 Å². The third kappa shape index (κ3) is 4.24. The quantitative estimate of drug-likeness (QED) is 0.281. The summed E-state index contributed by atoms with van der Waals surface area (Å²) in [6.45, 7) is 0.326. The average molecular weight is 444 g/mol. The van der Waals surface area contributed by atoms with Crippen LogP contribution in [0.4, 0.5) is 5.69 Å². The van der Waals surface area contributed by atoms with E-state index in [4.69, 9.17) is 13.0 Å². The van der Waals surface area contributed by atoms with Crippen molar-refractivity contribution in [1.29, 1.82) is 0 Å². The molecule has 1 unspecified atom stereocenters. The Morgan fingerprint density at radius 1 is 1.53 bits per heavy atom. The van der Waals surface area contributed by atoms with Gasteiger partial charge in [-0.05, 0) is 0 Å². The van der Waals surface area contributed by atoms with Crippen LogP contribution in [-0.2, 0) is 32.9 Å². The van der Waals surface area contributed by atoms with Crippen LogP contribution in [0.1, 0.15) is 18.1 Å². The minimum absolute atomic E-state index is 0.0226. The van der Waals surface area contributed by atoms with Crippen LogP contribution in [0.5, 0.6) is 0 Å². The van der Waals surface area contributed by atoms with Crippen LogP contribution in [0.3, 0.4) is 0 Å². The third-order valence-corrected chi connectivity index (χ3v) is 7.27. The van der Waals surface area contributed by atoms with Gasteiger partial charge in [0.25, 0.3) is 0 Å². The number of carbonyl (C=O) groups excluding carboxylic acids is 1. The molecular formula is C10H10ClHgNO4. The van der Waals surface area contributed by atoms with E-state index in [-0.39, 0.29) is 5.69 Å². The molecule has 5 nitrogen and oxygen atoms in total. The van der Waals surface area contributed by atoms with Crippen molar-refractivity contribution < 1.29 is 37.8 Å². The van der Waals surface area contributed by atoms with E-state index in [0.29, 0.717) is 18.5 Å². The van der Waals surface area contributed by atoms with Gasteiger partial charge in [0.15, 0.2) is 0 Å². The number of carbonyl (C=O) groups is 1. The molecular weight excluding hydrogens is 434 g/mol. The summed E-state index contributed by atoms with van der Waals surface area (Å²) >= 11 is -1.33. The number of ether oxygens (including phenoxy) is 1. The minimum atomic E-state index is -1.33. The van der Waals surface area contributed by atoms with Gasteiger partial charge >= 0.3 is 115 Å². The Kier molecular flexibility index (Phi) is 6.43.